The number of hydrogen-bond donors (Lipinski definition) is 3. The molecule has 1 aliphatic rings. The molecule has 0 unspecified atom stereocenters. The lowest BCUT2D eigenvalue weighted by Crippen LogP contribution is -2.34. The van der Waals surface area contributed by atoms with Crippen LogP contribution in [0.2, 0.25) is 0 Å². The van der Waals surface area contributed by atoms with Crippen LogP contribution in [0, 0.1) is 6.92 Å². The third kappa shape index (κ3) is 7.99. The van der Waals surface area contributed by atoms with Gasteiger partial charge in [0.25, 0.3) is 5.91 Å². The number of aliphatic carboxylic acids is 1. The largest absolute Gasteiger partial charge is 0.481 e. The van der Waals surface area contributed by atoms with Gasteiger partial charge in [0.2, 0.25) is 0 Å². The second-order valence-electron chi connectivity index (χ2n) is 11.2. The van der Waals surface area contributed by atoms with Crippen LogP contribution in [0.15, 0.2) is 60.7 Å². The number of hydrogen-bond acceptors (Lipinski definition) is 5. The van der Waals surface area contributed by atoms with E-state index < -0.39 is 29.6 Å². The number of carbonyl (C=O) groups excluding carboxylic acids is 2. The Kier molecular flexibility index (Phi) is 9.71. The molecule has 0 saturated heterocycles. The van der Waals surface area contributed by atoms with Crippen molar-refractivity contribution in [1.29, 1.82) is 0 Å². The zero-order valence-electron chi connectivity index (χ0n) is 24.6. The topological polar surface area (TPSA) is 112 Å². The van der Waals surface area contributed by atoms with E-state index in [9.17, 15) is 27.6 Å². The van der Waals surface area contributed by atoms with Crippen LogP contribution < -0.4 is 15.5 Å². The Balaban J connectivity index is 1.38. The van der Waals surface area contributed by atoms with E-state index in [1.54, 1.807) is 31.2 Å². The minimum absolute atomic E-state index is 0.00350. The molecule has 1 heterocycles. The van der Waals surface area contributed by atoms with Gasteiger partial charge >= 0.3 is 18.2 Å². The van der Waals surface area contributed by atoms with Crippen LogP contribution in [0.1, 0.15) is 77.1 Å². The van der Waals surface area contributed by atoms with Crippen molar-refractivity contribution >= 4 is 50.3 Å². The van der Waals surface area contributed by atoms with Gasteiger partial charge in [0.05, 0.1) is 28.7 Å². The SMILES string of the molecule is Cc1cc(C(F)(F)F)cc2nc(NC(=O)N(Cc3ccc(C(=O)NCCC(=O)O)cc3)c3ccc(C4CCCCC4)cc3)sc12. The normalized spacial score (nSPS) is 13.9. The first-order valence-corrected chi connectivity index (χ1v) is 15.6. The summed E-state index contributed by atoms with van der Waals surface area (Å²) in [6.07, 6.45) is 1.20. The molecule has 45 heavy (non-hydrogen) atoms. The van der Waals surface area contributed by atoms with Gasteiger partial charge in [0.15, 0.2) is 5.13 Å². The van der Waals surface area contributed by atoms with E-state index in [1.165, 1.54) is 29.7 Å². The minimum atomic E-state index is -4.51. The Labute approximate surface area is 262 Å². The number of halogens is 3. The molecular formula is C33H33F3N4O4S. The molecule has 3 aromatic carbocycles. The molecule has 0 atom stereocenters. The van der Waals surface area contributed by atoms with Gasteiger partial charge in [-0.3, -0.25) is 19.8 Å². The van der Waals surface area contributed by atoms with Crippen molar-refractivity contribution in [3.63, 3.8) is 0 Å². The Morgan fingerprint density at radius 3 is 2.33 bits per heavy atom. The third-order valence-electron chi connectivity index (χ3n) is 7.92. The van der Waals surface area contributed by atoms with Crippen LogP contribution >= 0.6 is 11.3 Å². The molecule has 8 nitrogen and oxygen atoms in total. The predicted molar refractivity (Wildman–Crippen MR) is 168 cm³/mol. The van der Waals surface area contributed by atoms with Gasteiger partial charge in [-0.2, -0.15) is 13.2 Å². The molecule has 12 heteroatoms. The first-order chi connectivity index (χ1) is 21.5. The molecule has 3 N–H and O–H groups in total. The molecule has 0 aliphatic heterocycles. The molecule has 236 valence electrons. The van der Waals surface area contributed by atoms with Gasteiger partial charge in [-0.1, -0.05) is 54.9 Å². The number of urea groups is 1. The number of thiazole rings is 1. The van der Waals surface area contributed by atoms with Crippen molar-refractivity contribution < 1.29 is 32.7 Å². The average Bonchev–Trinajstić information content (AvgIpc) is 3.43. The average molecular weight is 639 g/mol. The number of aryl methyl sites for hydroxylation is 1. The van der Waals surface area contributed by atoms with Gasteiger partial charge in [-0.15, -0.1) is 0 Å². The van der Waals surface area contributed by atoms with Crippen molar-refractivity contribution in [2.75, 3.05) is 16.8 Å². The van der Waals surface area contributed by atoms with Crippen LogP contribution in [-0.4, -0.2) is 34.5 Å². The highest BCUT2D eigenvalue weighted by atomic mass is 32.1. The van der Waals surface area contributed by atoms with Crippen LogP contribution in [0.25, 0.3) is 10.2 Å². The molecule has 0 spiro atoms. The number of rotatable bonds is 9. The second kappa shape index (κ2) is 13.7. The second-order valence-corrected chi connectivity index (χ2v) is 12.2. The first-order valence-electron chi connectivity index (χ1n) is 14.7. The molecule has 1 fully saturated rings. The van der Waals surface area contributed by atoms with E-state index in [2.05, 4.69) is 15.6 Å². The highest BCUT2D eigenvalue weighted by Crippen LogP contribution is 2.37. The summed E-state index contributed by atoms with van der Waals surface area (Å²) in [5, 5.41) is 14.3. The number of benzene rings is 3. The summed E-state index contributed by atoms with van der Waals surface area (Å²) in [6.45, 7) is 1.72. The zero-order chi connectivity index (χ0) is 32.1. The Bertz CT molecular complexity index is 1680. The van der Waals surface area contributed by atoms with Gasteiger partial charge in [-0.25, -0.2) is 9.78 Å². The summed E-state index contributed by atoms with van der Waals surface area (Å²) in [4.78, 5) is 42.7. The van der Waals surface area contributed by atoms with Crippen LogP contribution in [0.4, 0.5) is 28.8 Å². The number of nitrogens with zero attached hydrogens (tertiary/aromatic N) is 2. The lowest BCUT2D eigenvalue weighted by Gasteiger charge is -2.25. The lowest BCUT2D eigenvalue weighted by atomic mass is 9.84. The summed E-state index contributed by atoms with van der Waals surface area (Å²) < 4.78 is 40.7. The fourth-order valence-corrected chi connectivity index (χ4v) is 6.45. The lowest BCUT2D eigenvalue weighted by molar-refractivity contribution is -0.138. The van der Waals surface area contributed by atoms with Gasteiger partial charge in [0.1, 0.15) is 0 Å². The fourth-order valence-electron chi connectivity index (χ4n) is 5.55. The molecule has 1 saturated carbocycles. The van der Waals surface area contributed by atoms with Crippen molar-refractivity contribution in [3.8, 4) is 0 Å². The number of alkyl halides is 3. The summed E-state index contributed by atoms with van der Waals surface area (Å²) >= 11 is 1.11. The van der Waals surface area contributed by atoms with Crippen molar-refractivity contribution in [2.45, 2.75) is 64.1 Å². The molecule has 5 rings (SSSR count). The van der Waals surface area contributed by atoms with Crippen LogP contribution in [0.3, 0.4) is 0 Å². The Hall–Kier alpha value is -4.45. The number of carboxylic acids is 1. The Morgan fingerprint density at radius 1 is 1.00 bits per heavy atom. The highest BCUT2D eigenvalue weighted by molar-refractivity contribution is 7.22. The van der Waals surface area contributed by atoms with Crippen molar-refractivity contribution in [3.05, 3.63) is 88.5 Å². The molecule has 3 amide bonds. The van der Waals surface area contributed by atoms with Gasteiger partial charge < -0.3 is 10.4 Å². The van der Waals surface area contributed by atoms with E-state index >= 15 is 0 Å². The summed E-state index contributed by atoms with van der Waals surface area (Å²) in [5.41, 5.74) is 2.69. The summed E-state index contributed by atoms with van der Waals surface area (Å²) in [6, 6.07) is 16.0. The maximum atomic E-state index is 13.7. The molecule has 0 bridgehead atoms. The number of fused-ring (bicyclic) bond motifs is 1. The zero-order valence-corrected chi connectivity index (χ0v) is 25.4. The predicted octanol–water partition coefficient (Wildman–Crippen LogP) is 8.11. The number of carboxylic acid groups (broad SMARTS) is 1. The van der Waals surface area contributed by atoms with Crippen LogP contribution in [-0.2, 0) is 17.5 Å². The summed E-state index contributed by atoms with van der Waals surface area (Å²) in [5.74, 6) is -0.935. The van der Waals surface area contributed by atoms with Gasteiger partial charge in [-0.05, 0) is 78.8 Å². The monoisotopic (exact) mass is 638 g/mol. The number of amides is 3. The molecular weight excluding hydrogens is 605 g/mol. The number of aromatic nitrogens is 1. The van der Waals surface area contributed by atoms with E-state index in [0.29, 0.717) is 27.4 Å². The fraction of sp³-hybridized carbons (Fsp3) is 0.333. The van der Waals surface area contributed by atoms with E-state index in [4.69, 9.17) is 5.11 Å². The van der Waals surface area contributed by atoms with E-state index in [-0.39, 0.29) is 30.2 Å². The molecule has 1 aliphatic carbocycles. The first kappa shape index (κ1) is 32.0. The van der Waals surface area contributed by atoms with E-state index in [0.717, 1.165) is 41.9 Å². The van der Waals surface area contributed by atoms with Crippen LogP contribution in [0.5, 0.6) is 0 Å². The number of carbonyl (C=O) groups is 3. The van der Waals surface area contributed by atoms with E-state index in [1.807, 2.05) is 24.3 Å². The standard InChI is InChI=1S/C33H33F3N4O4S/c1-20-17-25(33(34,35)36)18-27-29(20)45-31(38-27)39-32(44)40(26-13-11-23(12-14-26)22-5-3-2-4-6-22)19-21-7-9-24(10-8-21)30(43)37-16-15-28(41)42/h7-14,17-18,22H,2-6,15-16,19H2,1H3,(H,37,43)(H,41,42)(H,38,39,44). The highest BCUT2D eigenvalue weighted by Gasteiger charge is 2.31. The molecule has 1 aromatic heterocycles. The minimum Gasteiger partial charge on any atom is -0.481 e. The maximum Gasteiger partial charge on any atom is 0.416 e. The molecule has 4 aromatic rings. The smallest absolute Gasteiger partial charge is 0.416 e. The summed E-state index contributed by atoms with van der Waals surface area (Å²) in [7, 11) is 0. The number of anilines is 2. The van der Waals surface area contributed by atoms with Crippen molar-refractivity contribution in [1.82, 2.24) is 10.3 Å². The van der Waals surface area contributed by atoms with Gasteiger partial charge in [0, 0.05) is 17.8 Å². The third-order valence-corrected chi connectivity index (χ3v) is 9.05. The van der Waals surface area contributed by atoms with Crippen molar-refractivity contribution in [2.24, 2.45) is 0 Å². The maximum absolute atomic E-state index is 13.7. The number of nitrogens with one attached hydrogen (secondary N) is 2. The Morgan fingerprint density at radius 2 is 1.69 bits per heavy atom. The quantitative estimate of drug-likeness (QED) is 0.172. The molecule has 0 radical (unpaired) electrons.